The highest BCUT2D eigenvalue weighted by Crippen LogP contribution is 2.55. The predicted molar refractivity (Wildman–Crippen MR) is 131 cm³/mol. The normalized spacial score (nSPS) is 39.1. The van der Waals surface area contributed by atoms with Gasteiger partial charge in [-0.1, -0.05) is 6.92 Å². The van der Waals surface area contributed by atoms with Gasteiger partial charge in [0.25, 0.3) is 0 Å². The zero-order chi connectivity index (χ0) is 27.5. The van der Waals surface area contributed by atoms with Gasteiger partial charge in [0.15, 0.2) is 34.1 Å². The molecule has 5 aliphatic rings. The molecule has 204 valence electrons. The molecular formula is C27H31NO10. The Balaban J connectivity index is 1.56. The van der Waals surface area contributed by atoms with Gasteiger partial charge in [0.05, 0.1) is 30.4 Å². The van der Waals surface area contributed by atoms with Crippen molar-refractivity contribution in [1.82, 2.24) is 4.90 Å². The first-order valence-corrected chi connectivity index (χ1v) is 12.7. The van der Waals surface area contributed by atoms with Gasteiger partial charge in [0.1, 0.15) is 12.2 Å². The van der Waals surface area contributed by atoms with E-state index >= 15 is 0 Å². The lowest BCUT2D eigenvalue weighted by atomic mass is 9.82. The van der Waals surface area contributed by atoms with Gasteiger partial charge in [-0.15, -0.1) is 0 Å². The second kappa shape index (κ2) is 8.10. The average molecular weight is 530 g/mol. The highest BCUT2D eigenvalue weighted by Gasteiger charge is 2.63. The number of nitrogens with zero attached hydrogens (tertiary/aromatic N) is 1. The molecule has 1 aliphatic carbocycles. The van der Waals surface area contributed by atoms with E-state index < -0.39 is 70.7 Å². The van der Waals surface area contributed by atoms with Crippen molar-refractivity contribution < 1.29 is 44.2 Å². The van der Waals surface area contributed by atoms with Crippen molar-refractivity contribution >= 4 is 11.4 Å². The molecule has 11 heteroatoms. The Morgan fingerprint density at radius 3 is 2.63 bits per heavy atom. The summed E-state index contributed by atoms with van der Waals surface area (Å²) in [7, 11) is 1.34. The van der Waals surface area contributed by atoms with Crippen molar-refractivity contribution in [3.63, 3.8) is 0 Å². The molecule has 8 atom stereocenters. The van der Waals surface area contributed by atoms with Gasteiger partial charge in [0, 0.05) is 29.5 Å². The number of ketones is 1. The fraction of sp³-hybridized carbons (Fsp3) is 0.556. The number of fused-ring (bicyclic) bond motifs is 7. The van der Waals surface area contributed by atoms with Crippen molar-refractivity contribution in [2.75, 3.05) is 13.7 Å². The quantitative estimate of drug-likeness (QED) is 0.423. The highest BCUT2D eigenvalue weighted by molar-refractivity contribution is 6.24. The van der Waals surface area contributed by atoms with E-state index in [0.29, 0.717) is 17.6 Å². The summed E-state index contributed by atoms with van der Waals surface area (Å²) in [6.07, 6.45) is -3.06. The fourth-order valence-corrected chi connectivity index (χ4v) is 6.70. The lowest BCUT2D eigenvalue weighted by Gasteiger charge is -2.50. The number of hydrogen-bond acceptors (Lipinski definition) is 11. The maximum absolute atomic E-state index is 13.9. The number of aliphatic hydroxyl groups is 3. The molecular weight excluding hydrogens is 498 g/mol. The summed E-state index contributed by atoms with van der Waals surface area (Å²) in [4.78, 5) is 29.4. The van der Waals surface area contributed by atoms with Gasteiger partial charge in [-0.25, -0.2) is 0 Å². The fourth-order valence-electron chi connectivity index (χ4n) is 6.70. The van der Waals surface area contributed by atoms with Crippen LogP contribution in [0, 0.1) is 0 Å². The molecule has 0 aromatic heterocycles. The number of aromatic hydroxyl groups is 1. The molecule has 4 N–H and O–H groups in total. The Bertz CT molecular complexity index is 1380. The van der Waals surface area contributed by atoms with Crippen LogP contribution in [0.5, 0.6) is 11.5 Å². The molecule has 1 aromatic rings. The second-order valence-electron chi connectivity index (χ2n) is 10.9. The molecule has 0 bridgehead atoms. The van der Waals surface area contributed by atoms with Crippen LogP contribution < -0.4 is 10.2 Å². The van der Waals surface area contributed by atoms with E-state index in [2.05, 4.69) is 0 Å². The Kier molecular flexibility index (Phi) is 5.43. The van der Waals surface area contributed by atoms with Crippen LogP contribution in [0.3, 0.4) is 0 Å². The van der Waals surface area contributed by atoms with Gasteiger partial charge >= 0.3 is 0 Å². The third-order valence-electron chi connectivity index (χ3n) is 8.40. The van der Waals surface area contributed by atoms with Gasteiger partial charge in [0.2, 0.25) is 6.29 Å². The molecule has 2 fully saturated rings. The molecule has 2 saturated heterocycles. The number of morpholine rings is 1. The zero-order valence-electron chi connectivity index (χ0n) is 21.7. The van der Waals surface area contributed by atoms with Gasteiger partial charge in [-0.3, -0.25) is 9.59 Å². The van der Waals surface area contributed by atoms with Crippen LogP contribution in [0.4, 0.5) is 0 Å². The van der Waals surface area contributed by atoms with E-state index in [1.54, 1.807) is 19.9 Å². The smallest absolute Gasteiger partial charge is 0.236 e. The first kappa shape index (κ1) is 25.5. The summed E-state index contributed by atoms with van der Waals surface area (Å²) >= 11 is 0. The van der Waals surface area contributed by atoms with Crippen molar-refractivity contribution in [2.24, 2.45) is 0 Å². The molecule has 4 aliphatic heterocycles. The monoisotopic (exact) mass is 529 g/mol. The topological polar surface area (TPSA) is 155 Å². The number of carbonyl (C=O) groups excluding carboxylic acids is 1. The number of hydrogen-bond donors (Lipinski definition) is 4. The average Bonchev–Trinajstić information content (AvgIpc) is 3.25. The number of Topliss-reactive ketones (excluding diaryl/α,β-unsaturated/α-hetero) is 1. The summed E-state index contributed by atoms with van der Waals surface area (Å²) in [6, 6.07) is 0.521. The van der Waals surface area contributed by atoms with Gasteiger partial charge in [-0.2, -0.15) is 0 Å². The second-order valence-corrected chi connectivity index (χ2v) is 10.9. The molecule has 8 unspecified atom stereocenters. The minimum atomic E-state index is -2.34. The number of methoxy groups -OCH3 is 1. The first-order valence-electron chi connectivity index (χ1n) is 12.7. The Hall–Kier alpha value is -2.80. The number of aliphatic hydroxyl groups excluding tert-OH is 1. The third kappa shape index (κ3) is 3.11. The molecule has 0 amide bonds. The number of ether oxygens (including phenoxy) is 4. The lowest BCUT2D eigenvalue weighted by molar-refractivity contribution is -0.310. The summed E-state index contributed by atoms with van der Waals surface area (Å²) in [5.74, 6) is -2.75. The van der Waals surface area contributed by atoms with Crippen molar-refractivity contribution in [2.45, 2.75) is 82.3 Å². The van der Waals surface area contributed by atoms with Crippen LogP contribution >= 0.6 is 0 Å². The summed E-state index contributed by atoms with van der Waals surface area (Å²) in [5.41, 5.74) is -1.97. The summed E-state index contributed by atoms with van der Waals surface area (Å²) in [6.45, 7) is 7.05. The largest absolute Gasteiger partial charge is 0.504 e. The first-order chi connectivity index (χ1) is 17.9. The van der Waals surface area contributed by atoms with Crippen LogP contribution in [0.25, 0.3) is 5.57 Å². The molecule has 1 aromatic carbocycles. The Morgan fingerprint density at radius 2 is 1.97 bits per heavy atom. The van der Waals surface area contributed by atoms with E-state index in [1.807, 2.05) is 18.7 Å². The Labute approximate surface area is 218 Å². The zero-order valence-corrected chi connectivity index (χ0v) is 21.7. The maximum Gasteiger partial charge on any atom is 0.236 e. The van der Waals surface area contributed by atoms with Crippen LogP contribution in [-0.4, -0.2) is 87.3 Å². The molecule has 0 radical (unpaired) electrons. The molecule has 0 spiro atoms. The standard InChI is InChI=1S/C27H31NO10/c1-6-15-19-17-12(7-10(2)28(19)9-26(4,33)38-15)16-13(20(17)30)8-14(29)18-23(21(16)31)37-25-27(18,34)24(32)22(35-5)11(3)36-25/h7-8,11,15,19,22,24-25,31-34H,6,9H2,1-5H3. The van der Waals surface area contributed by atoms with Crippen LogP contribution in [0.15, 0.2) is 28.2 Å². The number of allylic oxidation sites excluding steroid dienone is 3. The van der Waals surface area contributed by atoms with E-state index in [9.17, 15) is 30.0 Å². The highest BCUT2D eigenvalue weighted by atomic mass is 16.7. The van der Waals surface area contributed by atoms with E-state index in [4.69, 9.17) is 18.9 Å². The van der Waals surface area contributed by atoms with Crippen LogP contribution in [0.1, 0.15) is 55.6 Å². The van der Waals surface area contributed by atoms with Crippen molar-refractivity contribution in [3.8, 4) is 11.5 Å². The van der Waals surface area contributed by atoms with Crippen molar-refractivity contribution in [3.05, 3.63) is 50.3 Å². The van der Waals surface area contributed by atoms with Gasteiger partial charge < -0.3 is 44.3 Å². The minimum absolute atomic E-state index is 0.0448. The number of rotatable bonds is 2. The Morgan fingerprint density at radius 1 is 1.26 bits per heavy atom. The van der Waals surface area contributed by atoms with Crippen LogP contribution in [0.2, 0.25) is 0 Å². The maximum atomic E-state index is 13.9. The van der Waals surface area contributed by atoms with Gasteiger partial charge in [-0.05, 0) is 44.9 Å². The lowest BCUT2D eigenvalue weighted by Crippen LogP contribution is -2.63. The molecule has 0 saturated carbocycles. The van der Waals surface area contributed by atoms with E-state index in [-0.39, 0.29) is 23.4 Å². The molecule has 6 rings (SSSR count). The summed E-state index contributed by atoms with van der Waals surface area (Å²) < 4.78 is 22.8. The summed E-state index contributed by atoms with van der Waals surface area (Å²) in [5, 5.41) is 44.9. The van der Waals surface area contributed by atoms with Crippen molar-refractivity contribution in [1.29, 1.82) is 0 Å². The molecule has 38 heavy (non-hydrogen) atoms. The molecule has 4 heterocycles. The SMILES string of the molecule is CCC1OC(C)(O)CN2C(C)=CC3=C(C(=O)c4cc(=O)c5c(c(O)c43)OC3OC(C)C(OC)C(O)C53O)C12. The molecule has 11 nitrogen and oxygen atoms in total. The predicted octanol–water partition coefficient (Wildman–Crippen LogP) is 0.508. The minimum Gasteiger partial charge on any atom is -0.504 e. The third-order valence-corrected chi connectivity index (χ3v) is 8.40. The van der Waals surface area contributed by atoms with Crippen LogP contribution in [-0.2, 0) is 19.8 Å². The van der Waals surface area contributed by atoms with E-state index in [1.165, 1.54) is 7.11 Å². The van der Waals surface area contributed by atoms with E-state index in [0.717, 1.165) is 11.8 Å². The number of carbonyl (C=O) groups is 1.